The number of allylic oxidation sites excluding steroid dienone is 1. The van der Waals surface area contributed by atoms with E-state index in [1.54, 1.807) is 30.4 Å². The summed E-state index contributed by atoms with van der Waals surface area (Å²) in [5.74, 6) is 0.586. The predicted octanol–water partition coefficient (Wildman–Crippen LogP) is 5.20. The van der Waals surface area contributed by atoms with Crippen LogP contribution in [0.15, 0.2) is 83.7 Å². The summed E-state index contributed by atoms with van der Waals surface area (Å²) in [6.07, 6.45) is 2.89. The number of para-hydroxylation sites is 2. The third-order valence-corrected chi connectivity index (χ3v) is 5.10. The zero-order chi connectivity index (χ0) is 26.0. The first-order valence-corrected chi connectivity index (χ1v) is 11.0. The molecule has 8 nitrogen and oxygen atoms in total. The van der Waals surface area contributed by atoms with Crippen molar-refractivity contribution in [1.82, 2.24) is 0 Å². The monoisotopic (exact) mass is 475 g/mol. The fraction of sp³-hybridized carbons (Fsp3) is 0.222. The Kier molecular flexibility index (Phi) is 9.84. The van der Waals surface area contributed by atoms with Crippen molar-refractivity contribution in [3.63, 3.8) is 0 Å². The summed E-state index contributed by atoms with van der Waals surface area (Å²) >= 11 is 0. The molecule has 3 N–H and O–H groups in total. The van der Waals surface area contributed by atoms with E-state index in [-0.39, 0.29) is 11.8 Å². The molecule has 0 heterocycles. The molecule has 2 amide bonds. The number of anilines is 4. The molecule has 0 atom stereocenters. The van der Waals surface area contributed by atoms with Gasteiger partial charge >= 0.3 is 0 Å². The molecule has 0 aliphatic carbocycles. The molecule has 0 saturated carbocycles. The molecule has 8 heteroatoms. The highest BCUT2D eigenvalue weighted by atomic mass is 16.5. The number of carbonyl (C=O) groups is 2. The van der Waals surface area contributed by atoms with Gasteiger partial charge < -0.3 is 25.6 Å². The fourth-order valence-electron chi connectivity index (χ4n) is 3.11. The van der Waals surface area contributed by atoms with Crippen molar-refractivity contribution in [1.29, 1.82) is 0 Å². The number of hydrogen-bond donors (Lipinski definition) is 3. The second-order valence-corrected chi connectivity index (χ2v) is 7.87. The minimum atomic E-state index is -0.316. The van der Waals surface area contributed by atoms with Crippen molar-refractivity contribution >= 4 is 40.8 Å². The minimum Gasteiger partial charge on any atom is -0.497 e. The Balaban J connectivity index is 2.25. The van der Waals surface area contributed by atoms with Crippen LogP contribution in [0, 0.1) is 0 Å². The van der Waals surface area contributed by atoms with Gasteiger partial charge in [-0.2, -0.15) is 0 Å². The summed E-state index contributed by atoms with van der Waals surface area (Å²) < 4.78 is 5.39. The summed E-state index contributed by atoms with van der Waals surface area (Å²) in [6, 6.07) is 12.8. The summed E-state index contributed by atoms with van der Waals surface area (Å²) in [5, 5.41) is 8.93. The van der Waals surface area contributed by atoms with Gasteiger partial charge in [-0.1, -0.05) is 30.9 Å². The molecule has 0 spiro atoms. The van der Waals surface area contributed by atoms with E-state index < -0.39 is 0 Å². The maximum absolute atomic E-state index is 12.6. The molecule has 0 radical (unpaired) electrons. The molecule has 0 aromatic heterocycles. The number of rotatable bonds is 11. The number of benzene rings is 2. The van der Waals surface area contributed by atoms with E-state index in [0.717, 1.165) is 16.8 Å². The molecule has 2 aromatic carbocycles. The largest absolute Gasteiger partial charge is 0.497 e. The maximum Gasteiger partial charge on any atom is 0.247 e. The number of nitrogens with one attached hydrogen (secondary N) is 3. The summed E-state index contributed by atoms with van der Waals surface area (Å²) in [6.45, 7) is 13.2. The quantitative estimate of drug-likeness (QED) is 0.307. The number of methoxy groups -OCH3 is 1. The lowest BCUT2D eigenvalue weighted by molar-refractivity contribution is -0.116. The van der Waals surface area contributed by atoms with Gasteiger partial charge in [0.1, 0.15) is 11.6 Å². The fourth-order valence-corrected chi connectivity index (χ4v) is 3.11. The highest BCUT2D eigenvalue weighted by Crippen LogP contribution is 2.28. The van der Waals surface area contributed by atoms with Crippen LogP contribution >= 0.6 is 0 Å². The Morgan fingerprint density at radius 1 is 1.09 bits per heavy atom. The zero-order valence-corrected chi connectivity index (χ0v) is 20.9. The molecular weight excluding hydrogens is 442 g/mol. The van der Waals surface area contributed by atoms with Crippen LogP contribution in [-0.4, -0.2) is 38.7 Å². The molecule has 0 unspecified atom stereocenters. The zero-order valence-electron chi connectivity index (χ0n) is 20.9. The lowest BCUT2D eigenvalue weighted by Gasteiger charge is -2.24. The van der Waals surface area contributed by atoms with Crippen molar-refractivity contribution in [3.05, 3.63) is 78.7 Å². The van der Waals surface area contributed by atoms with Crippen LogP contribution in [0.1, 0.15) is 20.8 Å². The highest BCUT2D eigenvalue weighted by Gasteiger charge is 2.16. The van der Waals surface area contributed by atoms with Gasteiger partial charge in [0.25, 0.3) is 0 Å². The smallest absolute Gasteiger partial charge is 0.247 e. The van der Waals surface area contributed by atoms with Crippen molar-refractivity contribution in [2.24, 2.45) is 4.99 Å². The normalized spacial score (nSPS) is 10.3. The van der Waals surface area contributed by atoms with E-state index in [1.165, 1.54) is 13.0 Å². The number of aliphatic imine (C=N–C) groups is 1. The minimum absolute atomic E-state index is 0.115. The average molecular weight is 476 g/mol. The van der Waals surface area contributed by atoms with E-state index in [0.29, 0.717) is 35.2 Å². The molecule has 0 aliphatic rings. The lowest BCUT2D eigenvalue weighted by atomic mass is 10.1. The van der Waals surface area contributed by atoms with Crippen LogP contribution in [0.4, 0.5) is 22.7 Å². The maximum atomic E-state index is 12.6. The summed E-state index contributed by atoms with van der Waals surface area (Å²) in [7, 11) is 3.40. The van der Waals surface area contributed by atoms with Crippen LogP contribution < -0.4 is 25.6 Å². The van der Waals surface area contributed by atoms with Crippen LogP contribution in [0.3, 0.4) is 0 Å². The Labute approximate surface area is 207 Å². The third kappa shape index (κ3) is 7.89. The van der Waals surface area contributed by atoms with E-state index in [4.69, 9.17) is 4.74 Å². The first-order chi connectivity index (χ1) is 16.7. The number of carbonyl (C=O) groups excluding carboxylic acids is 2. The van der Waals surface area contributed by atoms with Gasteiger partial charge in [0, 0.05) is 43.7 Å². The van der Waals surface area contributed by atoms with Gasteiger partial charge in [0.15, 0.2) is 0 Å². The number of hydrogen-bond acceptors (Lipinski definition) is 6. The Morgan fingerprint density at radius 3 is 2.29 bits per heavy atom. The van der Waals surface area contributed by atoms with Crippen LogP contribution in [-0.2, 0) is 9.59 Å². The van der Waals surface area contributed by atoms with Crippen LogP contribution in [0.25, 0.3) is 0 Å². The molecule has 0 bridgehead atoms. The van der Waals surface area contributed by atoms with Gasteiger partial charge in [-0.05, 0) is 43.7 Å². The standard InChI is InChI=1S/C27H33N5O3/c1-8-27(34)31-26-12-10-9-11-25(26)30-19(4)29-16-21(18(2)3)17-32(20(5)33)23-13-22(28-6)14-24(15-23)35-7/h8-16,28,30H,1,4,17H2,2-3,5-7H3,(H,31,34)/b29-16-. The van der Waals surface area contributed by atoms with Crippen molar-refractivity contribution in [3.8, 4) is 5.75 Å². The number of amides is 2. The molecule has 0 fully saturated rings. The Morgan fingerprint density at radius 2 is 1.74 bits per heavy atom. The SMILES string of the molecule is C=CC(=O)Nc1ccccc1NC(=C)/N=C\C(CN(C(C)=O)c1cc(NC)cc(OC)c1)=C(C)C. The van der Waals surface area contributed by atoms with Gasteiger partial charge in [-0.3, -0.25) is 9.59 Å². The van der Waals surface area contributed by atoms with Crippen molar-refractivity contribution in [2.45, 2.75) is 20.8 Å². The molecule has 0 saturated heterocycles. The highest BCUT2D eigenvalue weighted by molar-refractivity contribution is 6.01. The Hall–Kier alpha value is -4.33. The predicted molar refractivity (Wildman–Crippen MR) is 145 cm³/mol. The molecule has 2 rings (SSSR count). The Bertz CT molecular complexity index is 1140. The second-order valence-electron chi connectivity index (χ2n) is 7.87. The lowest BCUT2D eigenvalue weighted by Crippen LogP contribution is -2.31. The van der Waals surface area contributed by atoms with Gasteiger partial charge in [0.2, 0.25) is 11.8 Å². The van der Waals surface area contributed by atoms with Crippen LogP contribution in [0.2, 0.25) is 0 Å². The number of ether oxygens (including phenoxy) is 1. The first kappa shape index (κ1) is 26.9. The van der Waals surface area contributed by atoms with Crippen LogP contribution in [0.5, 0.6) is 5.75 Å². The van der Waals surface area contributed by atoms with E-state index in [9.17, 15) is 9.59 Å². The van der Waals surface area contributed by atoms with Crippen molar-refractivity contribution < 1.29 is 14.3 Å². The molecule has 35 heavy (non-hydrogen) atoms. The van der Waals surface area contributed by atoms with E-state index in [2.05, 4.69) is 34.1 Å². The molecule has 184 valence electrons. The van der Waals surface area contributed by atoms with Gasteiger partial charge in [0.05, 0.1) is 25.0 Å². The molecule has 0 aliphatic heterocycles. The number of nitrogens with zero attached hydrogens (tertiary/aromatic N) is 2. The summed E-state index contributed by atoms with van der Waals surface area (Å²) in [5.41, 5.74) is 4.62. The molecular formula is C27H33N5O3. The average Bonchev–Trinajstić information content (AvgIpc) is 2.84. The third-order valence-electron chi connectivity index (χ3n) is 5.10. The first-order valence-electron chi connectivity index (χ1n) is 11.0. The van der Waals surface area contributed by atoms with Crippen molar-refractivity contribution in [2.75, 3.05) is 41.6 Å². The summed E-state index contributed by atoms with van der Waals surface area (Å²) in [4.78, 5) is 30.4. The van der Waals surface area contributed by atoms with E-state index >= 15 is 0 Å². The molecule has 2 aromatic rings. The second kappa shape index (κ2) is 12.8. The van der Waals surface area contributed by atoms with Gasteiger partial charge in [-0.25, -0.2) is 4.99 Å². The van der Waals surface area contributed by atoms with Gasteiger partial charge in [-0.15, -0.1) is 0 Å². The topological polar surface area (TPSA) is 95.1 Å². The van der Waals surface area contributed by atoms with E-state index in [1.807, 2.05) is 51.2 Å².